The van der Waals surface area contributed by atoms with Crippen LogP contribution in [0.4, 0.5) is 0 Å². The molecule has 0 saturated carbocycles. The number of carbonyl (C=O) groups is 2. The molecule has 0 aromatic heterocycles. The Morgan fingerprint density at radius 2 is 1.86 bits per heavy atom. The topological polar surface area (TPSA) is 74.6 Å². The van der Waals surface area contributed by atoms with Crippen molar-refractivity contribution in [1.29, 1.82) is 0 Å². The zero-order valence-electron chi connectivity index (χ0n) is 7.65. The monoisotopic (exact) mass is 192 g/mol. The maximum Gasteiger partial charge on any atom is 0.335 e. The van der Waals surface area contributed by atoms with Crippen molar-refractivity contribution in [3.05, 3.63) is 29.3 Å². The van der Waals surface area contributed by atoms with E-state index in [0.29, 0.717) is 12.7 Å². The van der Waals surface area contributed by atoms with Crippen molar-refractivity contribution in [2.24, 2.45) is 0 Å². The molecule has 0 atom stereocenters. The van der Waals surface area contributed by atoms with Crippen LogP contribution in [-0.2, 0) is 0 Å². The highest BCUT2D eigenvalue weighted by atomic mass is 16.4. The van der Waals surface area contributed by atoms with E-state index in [4.69, 9.17) is 10.2 Å². The van der Waals surface area contributed by atoms with E-state index in [1.54, 1.807) is 6.82 Å². The van der Waals surface area contributed by atoms with Crippen molar-refractivity contribution in [1.82, 2.24) is 0 Å². The summed E-state index contributed by atoms with van der Waals surface area (Å²) >= 11 is 0. The normalized spacial score (nSPS) is 9.50. The smallest absolute Gasteiger partial charge is 0.335 e. The molecule has 0 aliphatic heterocycles. The maximum absolute atomic E-state index is 10.7. The lowest BCUT2D eigenvalue weighted by Gasteiger charge is -2.03. The van der Waals surface area contributed by atoms with E-state index in [0.717, 1.165) is 0 Å². The summed E-state index contributed by atoms with van der Waals surface area (Å²) in [6, 6.07) is 4.02. The summed E-state index contributed by atoms with van der Waals surface area (Å²) in [5, 5.41) is 17.5. The first kappa shape index (κ1) is 10.3. The third kappa shape index (κ3) is 1.93. The van der Waals surface area contributed by atoms with Crippen molar-refractivity contribution in [2.75, 3.05) is 0 Å². The first-order chi connectivity index (χ1) is 6.56. The van der Waals surface area contributed by atoms with Crippen molar-refractivity contribution >= 4 is 24.7 Å². The van der Waals surface area contributed by atoms with Crippen LogP contribution >= 0.6 is 0 Å². The summed E-state index contributed by atoms with van der Waals surface area (Å²) < 4.78 is 0. The largest absolute Gasteiger partial charge is 0.478 e. The Balaban J connectivity index is 3.25. The number of carboxylic acid groups (broad SMARTS) is 2. The Labute approximate surface area is 81.4 Å². The Bertz CT molecular complexity index is 386. The van der Waals surface area contributed by atoms with Gasteiger partial charge in [0.2, 0.25) is 0 Å². The van der Waals surface area contributed by atoms with Gasteiger partial charge >= 0.3 is 11.9 Å². The Morgan fingerprint density at radius 3 is 2.29 bits per heavy atom. The molecular formula is C9H9BO4. The van der Waals surface area contributed by atoms with Gasteiger partial charge in [-0.2, -0.15) is 0 Å². The number of hydrogen-bond acceptors (Lipinski definition) is 2. The van der Waals surface area contributed by atoms with Gasteiger partial charge in [0.15, 0.2) is 7.28 Å². The van der Waals surface area contributed by atoms with Gasteiger partial charge in [-0.1, -0.05) is 18.4 Å². The third-order valence-electron chi connectivity index (χ3n) is 1.96. The van der Waals surface area contributed by atoms with E-state index < -0.39 is 11.9 Å². The van der Waals surface area contributed by atoms with Crippen LogP contribution in [0.25, 0.3) is 0 Å². The van der Waals surface area contributed by atoms with Gasteiger partial charge in [0, 0.05) is 0 Å². The van der Waals surface area contributed by atoms with E-state index in [9.17, 15) is 9.59 Å². The molecular weight excluding hydrogens is 183 g/mol. The number of benzene rings is 1. The van der Waals surface area contributed by atoms with Gasteiger partial charge in [-0.25, -0.2) is 9.59 Å². The number of carboxylic acids is 2. The molecule has 0 fully saturated rings. The van der Waals surface area contributed by atoms with Gasteiger partial charge in [0.05, 0.1) is 11.1 Å². The standard InChI is InChI=1S/C9H9BO4/c1-10-7-4-5(8(11)12)2-3-6(7)9(13)14/h2-4,10H,1H3,(H,11,12)(H,13,14). The minimum atomic E-state index is -1.04. The average Bonchev–Trinajstić information content (AvgIpc) is 2.16. The summed E-state index contributed by atoms with van der Waals surface area (Å²) in [5.74, 6) is -2.07. The summed E-state index contributed by atoms with van der Waals surface area (Å²) in [6.45, 7) is 1.79. The fourth-order valence-corrected chi connectivity index (χ4v) is 1.23. The second-order valence-corrected chi connectivity index (χ2v) is 2.84. The fraction of sp³-hybridized carbons (Fsp3) is 0.111. The molecule has 0 saturated heterocycles. The summed E-state index contributed by atoms with van der Waals surface area (Å²) in [5.41, 5.74) is 0.821. The van der Waals surface area contributed by atoms with Crippen LogP contribution in [0.3, 0.4) is 0 Å². The molecule has 0 aliphatic rings. The average molecular weight is 192 g/mol. The van der Waals surface area contributed by atoms with Crippen LogP contribution in [0.2, 0.25) is 6.82 Å². The SMILES string of the molecule is CBc1cc(C(=O)O)ccc1C(=O)O. The Hall–Kier alpha value is -1.78. The minimum Gasteiger partial charge on any atom is -0.478 e. The van der Waals surface area contributed by atoms with E-state index in [1.165, 1.54) is 18.2 Å². The predicted octanol–water partition coefficient (Wildman–Crippen LogP) is 0.193. The van der Waals surface area contributed by atoms with Crippen molar-refractivity contribution < 1.29 is 19.8 Å². The first-order valence-electron chi connectivity index (χ1n) is 4.15. The number of rotatable bonds is 3. The van der Waals surface area contributed by atoms with Crippen molar-refractivity contribution in [3.8, 4) is 0 Å². The number of aromatic carboxylic acids is 2. The van der Waals surface area contributed by atoms with E-state index in [-0.39, 0.29) is 11.1 Å². The first-order valence-corrected chi connectivity index (χ1v) is 4.15. The van der Waals surface area contributed by atoms with Gasteiger partial charge in [0.25, 0.3) is 0 Å². The lowest BCUT2D eigenvalue weighted by Crippen LogP contribution is -2.22. The quantitative estimate of drug-likeness (QED) is 0.670. The highest BCUT2D eigenvalue weighted by molar-refractivity contribution is 6.54. The lowest BCUT2D eigenvalue weighted by molar-refractivity contribution is 0.0682. The van der Waals surface area contributed by atoms with Crippen molar-refractivity contribution in [3.63, 3.8) is 0 Å². The van der Waals surface area contributed by atoms with Crippen LogP contribution in [0.15, 0.2) is 18.2 Å². The second kappa shape index (κ2) is 3.96. The predicted molar refractivity (Wildman–Crippen MR) is 53.0 cm³/mol. The van der Waals surface area contributed by atoms with Gasteiger partial charge < -0.3 is 10.2 Å². The highest BCUT2D eigenvalue weighted by Gasteiger charge is 2.11. The molecule has 5 heteroatoms. The maximum atomic E-state index is 10.7. The summed E-state index contributed by atoms with van der Waals surface area (Å²) in [7, 11) is 0.503. The number of hydrogen-bond donors (Lipinski definition) is 2. The third-order valence-corrected chi connectivity index (χ3v) is 1.96. The molecule has 0 spiro atoms. The molecule has 0 unspecified atom stereocenters. The van der Waals surface area contributed by atoms with Crippen LogP contribution in [0.5, 0.6) is 0 Å². The van der Waals surface area contributed by atoms with Gasteiger partial charge in [-0.15, -0.1) is 0 Å². The molecule has 14 heavy (non-hydrogen) atoms. The molecule has 72 valence electrons. The molecule has 2 N–H and O–H groups in total. The molecule has 1 rings (SSSR count). The molecule has 4 nitrogen and oxygen atoms in total. The fourth-order valence-electron chi connectivity index (χ4n) is 1.23. The van der Waals surface area contributed by atoms with Gasteiger partial charge in [0.1, 0.15) is 0 Å². The summed E-state index contributed by atoms with van der Waals surface area (Å²) in [6.07, 6.45) is 0. The lowest BCUT2D eigenvalue weighted by atomic mass is 9.70. The van der Waals surface area contributed by atoms with E-state index in [1.807, 2.05) is 0 Å². The van der Waals surface area contributed by atoms with E-state index >= 15 is 0 Å². The second-order valence-electron chi connectivity index (χ2n) is 2.84. The van der Waals surface area contributed by atoms with Gasteiger partial charge in [-0.05, 0) is 12.1 Å². The van der Waals surface area contributed by atoms with Crippen LogP contribution < -0.4 is 5.46 Å². The van der Waals surface area contributed by atoms with Gasteiger partial charge in [-0.3, -0.25) is 0 Å². The molecule has 1 aromatic carbocycles. The van der Waals surface area contributed by atoms with Crippen LogP contribution in [0, 0.1) is 0 Å². The summed E-state index contributed by atoms with van der Waals surface area (Å²) in [4.78, 5) is 21.3. The highest BCUT2D eigenvalue weighted by Crippen LogP contribution is 2.02. The molecule has 0 heterocycles. The molecule has 0 aliphatic carbocycles. The van der Waals surface area contributed by atoms with E-state index in [2.05, 4.69) is 0 Å². The van der Waals surface area contributed by atoms with Crippen LogP contribution in [0.1, 0.15) is 20.7 Å². The van der Waals surface area contributed by atoms with Crippen LogP contribution in [-0.4, -0.2) is 29.4 Å². The van der Waals surface area contributed by atoms with Crippen molar-refractivity contribution in [2.45, 2.75) is 6.82 Å². The zero-order chi connectivity index (χ0) is 10.7. The molecule has 1 aromatic rings. The molecule has 0 bridgehead atoms. The molecule has 0 radical (unpaired) electrons. The Morgan fingerprint density at radius 1 is 1.21 bits per heavy atom. The zero-order valence-corrected chi connectivity index (χ0v) is 7.65. The minimum absolute atomic E-state index is 0.117. The molecule has 0 amide bonds. The Kier molecular flexibility index (Phi) is 2.91.